The van der Waals surface area contributed by atoms with Crippen molar-refractivity contribution in [3.8, 4) is 0 Å². The number of hydrogen-bond donors (Lipinski definition) is 2. The van der Waals surface area contributed by atoms with Crippen molar-refractivity contribution in [2.45, 2.75) is 38.6 Å². The maximum absolute atomic E-state index is 12.3. The van der Waals surface area contributed by atoms with Crippen molar-refractivity contribution in [1.82, 2.24) is 15.5 Å². The molecule has 1 aromatic heterocycles. The Morgan fingerprint density at radius 2 is 1.95 bits per heavy atom. The molecular weight excluding hydrogens is 266 g/mol. The van der Waals surface area contributed by atoms with Crippen LogP contribution in [0.25, 0.3) is 10.9 Å². The van der Waals surface area contributed by atoms with E-state index in [0.29, 0.717) is 10.9 Å². The van der Waals surface area contributed by atoms with Gasteiger partial charge in [-0.2, -0.15) is 5.10 Å². The molecule has 3 rings (SSSR count). The van der Waals surface area contributed by atoms with E-state index >= 15 is 0 Å². The first-order valence-corrected chi connectivity index (χ1v) is 7.43. The summed E-state index contributed by atoms with van der Waals surface area (Å²) in [4.78, 5) is 24.6. The van der Waals surface area contributed by atoms with Gasteiger partial charge in [0.1, 0.15) is 0 Å². The van der Waals surface area contributed by atoms with Gasteiger partial charge in [-0.1, -0.05) is 19.1 Å². The van der Waals surface area contributed by atoms with Crippen LogP contribution in [0.5, 0.6) is 0 Å². The number of benzene rings is 1. The highest BCUT2D eigenvalue weighted by molar-refractivity contribution is 5.95. The molecule has 1 fully saturated rings. The van der Waals surface area contributed by atoms with Crippen molar-refractivity contribution < 1.29 is 4.79 Å². The largest absolute Gasteiger partial charge is 0.348 e. The van der Waals surface area contributed by atoms with Crippen LogP contribution in [0, 0.1) is 5.92 Å². The highest BCUT2D eigenvalue weighted by Crippen LogP contribution is 2.23. The van der Waals surface area contributed by atoms with Gasteiger partial charge in [0.15, 0.2) is 5.69 Å². The first-order chi connectivity index (χ1) is 10.1. The minimum Gasteiger partial charge on any atom is -0.348 e. The average Bonchev–Trinajstić information content (AvgIpc) is 2.50. The van der Waals surface area contributed by atoms with Gasteiger partial charge < -0.3 is 5.32 Å². The van der Waals surface area contributed by atoms with E-state index < -0.39 is 0 Å². The van der Waals surface area contributed by atoms with Crippen LogP contribution in [0.4, 0.5) is 0 Å². The Balaban J connectivity index is 1.82. The zero-order valence-electron chi connectivity index (χ0n) is 12.1. The summed E-state index contributed by atoms with van der Waals surface area (Å²) in [5.41, 5.74) is 0.281. The molecule has 2 N–H and O–H groups in total. The van der Waals surface area contributed by atoms with Gasteiger partial charge in [0.05, 0.1) is 5.52 Å². The van der Waals surface area contributed by atoms with Crippen molar-refractivity contribution in [2.75, 3.05) is 0 Å². The standard InChI is InChI=1S/C16H19N3O2/c1-10-6-8-11(9-7-10)17-16(21)14-15(20)12-4-2-3-5-13(12)18-19-14/h2-5,10-11H,6-9H2,1H3,(H,17,21)(H,18,20). The number of H-pyrrole nitrogens is 1. The van der Waals surface area contributed by atoms with Crippen molar-refractivity contribution in [2.24, 2.45) is 5.92 Å². The third-order valence-electron chi connectivity index (χ3n) is 4.24. The van der Waals surface area contributed by atoms with Crippen LogP contribution in [0.2, 0.25) is 0 Å². The van der Waals surface area contributed by atoms with E-state index in [-0.39, 0.29) is 23.1 Å². The number of rotatable bonds is 2. The minimum absolute atomic E-state index is 0.0488. The minimum atomic E-state index is -0.374. The maximum atomic E-state index is 12.3. The van der Waals surface area contributed by atoms with Gasteiger partial charge in [0, 0.05) is 11.4 Å². The Hall–Kier alpha value is -2.17. The van der Waals surface area contributed by atoms with E-state index in [0.717, 1.165) is 31.6 Å². The molecule has 0 atom stereocenters. The summed E-state index contributed by atoms with van der Waals surface area (Å²) in [7, 11) is 0. The second-order valence-corrected chi connectivity index (χ2v) is 5.88. The average molecular weight is 285 g/mol. The number of aromatic nitrogens is 2. The van der Waals surface area contributed by atoms with Gasteiger partial charge >= 0.3 is 0 Å². The smallest absolute Gasteiger partial charge is 0.276 e. The molecule has 1 aliphatic rings. The van der Waals surface area contributed by atoms with E-state index in [1.54, 1.807) is 18.2 Å². The Morgan fingerprint density at radius 1 is 1.24 bits per heavy atom. The fourth-order valence-electron chi connectivity index (χ4n) is 2.89. The van der Waals surface area contributed by atoms with E-state index in [9.17, 15) is 9.59 Å². The number of carbonyl (C=O) groups is 1. The van der Waals surface area contributed by atoms with Crippen LogP contribution < -0.4 is 10.7 Å². The topological polar surface area (TPSA) is 74.8 Å². The van der Waals surface area contributed by atoms with E-state index in [1.165, 1.54) is 0 Å². The quantitative estimate of drug-likeness (QED) is 0.888. The van der Waals surface area contributed by atoms with Crippen LogP contribution in [0.15, 0.2) is 29.1 Å². The van der Waals surface area contributed by atoms with E-state index in [1.807, 2.05) is 6.07 Å². The molecule has 0 radical (unpaired) electrons. The lowest BCUT2D eigenvalue weighted by Gasteiger charge is -2.26. The number of nitrogens with one attached hydrogen (secondary N) is 2. The maximum Gasteiger partial charge on any atom is 0.276 e. The summed E-state index contributed by atoms with van der Waals surface area (Å²) >= 11 is 0. The number of para-hydroxylation sites is 1. The molecule has 1 aromatic carbocycles. The van der Waals surface area contributed by atoms with Crippen LogP contribution in [-0.2, 0) is 0 Å². The number of aromatic amines is 1. The molecule has 5 heteroatoms. The fraction of sp³-hybridized carbons (Fsp3) is 0.438. The fourth-order valence-corrected chi connectivity index (χ4v) is 2.89. The van der Waals surface area contributed by atoms with Gasteiger partial charge in [-0.25, -0.2) is 0 Å². The zero-order chi connectivity index (χ0) is 14.8. The van der Waals surface area contributed by atoms with Crippen molar-refractivity contribution >= 4 is 16.8 Å². The highest BCUT2D eigenvalue weighted by Gasteiger charge is 2.22. The lowest BCUT2D eigenvalue weighted by Crippen LogP contribution is -2.40. The molecule has 0 aliphatic heterocycles. The Morgan fingerprint density at radius 3 is 2.71 bits per heavy atom. The summed E-state index contributed by atoms with van der Waals surface area (Å²) in [5, 5.41) is 10.1. The molecule has 0 saturated heterocycles. The molecule has 0 spiro atoms. The predicted octanol–water partition coefficient (Wildman–Crippen LogP) is 2.23. The Bertz CT molecular complexity index is 715. The summed E-state index contributed by atoms with van der Waals surface area (Å²) in [6, 6.07) is 7.23. The van der Waals surface area contributed by atoms with Gasteiger partial charge in [0.2, 0.25) is 5.43 Å². The Labute approximate surface area is 122 Å². The first-order valence-electron chi connectivity index (χ1n) is 7.43. The lowest BCUT2D eigenvalue weighted by molar-refractivity contribution is 0.0916. The second-order valence-electron chi connectivity index (χ2n) is 5.88. The monoisotopic (exact) mass is 285 g/mol. The van der Waals surface area contributed by atoms with Gasteiger partial charge in [-0.3, -0.25) is 14.7 Å². The van der Waals surface area contributed by atoms with Crippen molar-refractivity contribution in [1.29, 1.82) is 0 Å². The van der Waals surface area contributed by atoms with Crippen LogP contribution in [-0.4, -0.2) is 22.1 Å². The van der Waals surface area contributed by atoms with Gasteiger partial charge in [0.25, 0.3) is 5.91 Å². The molecule has 0 unspecified atom stereocenters. The summed E-state index contributed by atoms with van der Waals surface area (Å²) in [6.07, 6.45) is 4.18. The third kappa shape index (κ3) is 2.82. The van der Waals surface area contributed by atoms with Crippen molar-refractivity contribution in [3.05, 3.63) is 40.2 Å². The number of hydrogen-bond acceptors (Lipinski definition) is 3. The predicted molar refractivity (Wildman–Crippen MR) is 81.2 cm³/mol. The lowest BCUT2D eigenvalue weighted by atomic mass is 9.87. The van der Waals surface area contributed by atoms with Crippen LogP contribution in [0.3, 0.4) is 0 Å². The molecule has 21 heavy (non-hydrogen) atoms. The van der Waals surface area contributed by atoms with Crippen LogP contribution in [0.1, 0.15) is 43.1 Å². The molecule has 5 nitrogen and oxygen atoms in total. The van der Waals surface area contributed by atoms with Gasteiger partial charge in [-0.15, -0.1) is 0 Å². The SMILES string of the molecule is CC1CCC(NC(=O)c2n[nH]c3ccccc3c2=O)CC1. The van der Waals surface area contributed by atoms with Gasteiger partial charge in [-0.05, 0) is 43.7 Å². The summed E-state index contributed by atoms with van der Waals surface area (Å²) < 4.78 is 0. The molecule has 1 amide bonds. The summed E-state index contributed by atoms with van der Waals surface area (Å²) in [5.74, 6) is 0.349. The molecular formula is C16H19N3O2. The Kier molecular flexibility index (Phi) is 3.73. The number of carbonyl (C=O) groups excluding carboxylic acids is 1. The molecule has 110 valence electrons. The molecule has 1 aliphatic carbocycles. The molecule has 2 aromatic rings. The molecule has 1 heterocycles. The number of fused-ring (bicyclic) bond motifs is 1. The molecule has 1 saturated carbocycles. The first kappa shape index (κ1) is 13.8. The van der Waals surface area contributed by atoms with Crippen LogP contribution >= 0.6 is 0 Å². The van der Waals surface area contributed by atoms with Crippen molar-refractivity contribution in [3.63, 3.8) is 0 Å². The van der Waals surface area contributed by atoms with E-state index in [2.05, 4.69) is 22.4 Å². The van der Waals surface area contributed by atoms with E-state index in [4.69, 9.17) is 0 Å². The third-order valence-corrected chi connectivity index (χ3v) is 4.24. The number of amides is 1. The zero-order valence-corrected chi connectivity index (χ0v) is 12.1. The number of nitrogens with zero attached hydrogens (tertiary/aromatic N) is 1. The normalized spacial score (nSPS) is 22.1. The molecule has 0 bridgehead atoms. The second kappa shape index (κ2) is 5.68. The highest BCUT2D eigenvalue weighted by atomic mass is 16.2. The summed E-state index contributed by atoms with van der Waals surface area (Å²) in [6.45, 7) is 2.23.